The molecule has 1 fully saturated rings. The number of hydrogen-bond acceptors (Lipinski definition) is 8. The van der Waals surface area contributed by atoms with Gasteiger partial charge in [-0.3, -0.25) is 19.3 Å². The Labute approximate surface area is 248 Å². The van der Waals surface area contributed by atoms with E-state index in [1.165, 1.54) is 5.56 Å². The maximum absolute atomic E-state index is 13.6. The number of hydrogen-bond donors (Lipinski definition) is 2. The molecule has 9 nitrogen and oxygen atoms in total. The topological polar surface area (TPSA) is 126 Å². The Kier molecular flexibility index (Phi) is 12.0. The summed E-state index contributed by atoms with van der Waals surface area (Å²) in [6.45, 7) is 11.3. The number of aromatic nitrogens is 1. The average Bonchev–Trinajstić information content (AvgIpc) is 3.36. The smallest absolute Gasteiger partial charge is 0.224 e. The molecule has 0 bridgehead atoms. The molecule has 1 aliphatic heterocycles. The molecule has 0 unspecified atom stereocenters. The number of aryl methyl sites for hydroxylation is 1. The number of rotatable bonds is 15. The van der Waals surface area contributed by atoms with E-state index in [1.54, 1.807) is 18.4 Å². The van der Waals surface area contributed by atoms with Gasteiger partial charge in [0.2, 0.25) is 11.8 Å². The van der Waals surface area contributed by atoms with E-state index in [9.17, 15) is 22.8 Å². The molecule has 1 aliphatic rings. The van der Waals surface area contributed by atoms with Crippen LogP contribution < -0.4 is 10.6 Å². The van der Waals surface area contributed by atoms with Gasteiger partial charge in [-0.05, 0) is 36.5 Å². The maximum atomic E-state index is 13.6. The van der Waals surface area contributed by atoms with Gasteiger partial charge in [-0.15, -0.1) is 11.3 Å². The van der Waals surface area contributed by atoms with Crippen molar-refractivity contribution in [2.45, 2.75) is 65.3 Å². The van der Waals surface area contributed by atoms with Gasteiger partial charge in [-0.25, -0.2) is 13.4 Å². The van der Waals surface area contributed by atoms with Crippen molar-refractivity contribution >= 4 is 49.0 Å². The summed E-state index contributed by atoms with van der Waals surface area (Å²) in [6, 6.07) is 5.95. The van der Waals surface area contributed by atoms with Crippen LogP contribution in [0.15, 0.2) is 30.4 Å². The van der Waals surface area contributed by atoms with Crippen LogP contribution >= 0.6 is 11.3 Å². The molecule has 1 saturated heterocycles. The van der Waals surface area contributed by atoms with Crippen LogP contribution in [0, 0.1) is 11.8 Å². The molecular weight excluding hydrogens is 560 g/mol. The van der Waals surface area contributed by atoms with E-state index in [0.29, 0.717) is 38.0 Å². The fourth-order valence-corrected chi connectivity index (χ4v) is 7.32. The van der Waals surface area contributed by atoms with Crippen LogP contribution in [0.1, 0.15) is 57.0 Å². The molecule has 1 aromatic heterocycles. The van der Waals surface area contributed by atoms with Gasteiger partial charge in [0.15, 0.2) is 15.6 Å². The maximum Gasteiger partial charge on any atom is 0.224 e. The highest BCUT2D eigenvalue weighted by molar-refractivity contribution is 7.91. The predicted molar refractivity (Wildman–Crippen MR) is 165 cm³/mol. The fraction of sp³-hybridized carbons (Fsp3) is 0.600. The molecule has 2 aromatic rings. The Morgan fingerprint density at radius 1 is 1.17 bits per heavy atom. The summed E-state index contributed by atoms with van der Waals surface area (Å²) in [4.78, 5) is 45.5. The van der Waals surface area contributed by atoms with Crippen LogP contribution in [0.25, 0.3) is 10.2 Å². The molecule has 3 atom stereocenters. The van der Waals surface area contributed by atoms with Crippen LogP contribution in [0.2, 0.25) is 0 Å². The van der Waals surface area contributed by atoms with Crippen LogP contribution in [0.5, 0.6) is 0 Å². The number of fused-ring (bicyclic) bond motifs is 1. The number of nitrogens with zero attached hydrogens (tertiary/aromatic N) is 2. The van der Waals surface area contributed by atoms with E-state index in [-0.39, 0.29) is 53.9 Å². The number of thiazole rings is 1. The number of nitrogens with one attached hydrogen (secondary N) is 2. The normalized spacial score (nSPS) is 17.5. The van der Waals surface area contributed by atoms with Gasteiger partial charge in [0, 0.05) is 57.6 Å². The minimum Gasteiger partial charge on any atom is -0.359 e. The van der Waals surface area contributed by atoms with Crippen molar-refractivity contribution in [1.82, 2.24) is 20.5 Å². The molecule has 0 spiro atoms. The molecule has 2 heterocycles. The van der Waals surface area contributed by atoms with Crippen molar-refractivity contribution in [3.05, 3.63) is 40.9 Å². The summed E-state index contributed by atoms with van der Waals surface area (Å²) in [6.07, 6.45) is 2.85. The van der Waals surface area contributed by atoms with Gasteiger partial charge in [0.1, 0.15) is 0 Å². The molecule has 0 aliphatic carbocycles. The second-order valence-electron chi connectivity index (χ2n) is 11.0. The second-order valence-corrected chi connectivity index (χ2v) is 14.5. The molecule has 3 rings (SSSR count). The lowest BCUT2D eigenvalue weighted by Gasteiger charge is -2.28. The highest BCUT2D eigenvalue weighted by Crippen LogP contribution is 2.27. The Morgan fingerprint density at radius 2 is 1.88 bits per heavy atom. The summed E-state index contributed by atoms with van der Waals surface area (Å²) in [5.41, 5.74) is 2.58. The molecule has 1 aromatic carbocycles. The first kappa shape index (κ1) is 32.9. The van der Waals surface area contributed by atoms with E-state index in [2.05, 4.69) is 36.3 Å². The van der Waals surface area contributed by atoms with Gasteiger partial charge in [0.25, 0.3) is 0 Å². The van der Waals surface area contributed by atoms with Crippen molar-refractivity contribution in [2.75, 3.05) is 38.2 Å². The largest absolute Gasteiger partial charge is 0.359 e. The average molecular weight is 605 g/mol. The summed E-state index contributed by atoms with van der Waals surface area (Å²) < 4.78 is 24.4. The fourth-order valence-electron chi connectivity index (χ4n) is 4.93. The second kappa shape index (κ2) is 15.0. The number of carbonyl (C=O) groups excluding carboxylic acids is 3. The van der Waals surface area contributed by atoms with E-state index in [4.69, 9.17) is 4.98 Å². The van der Waals surface area contributed by atoms with Gasteiger partial charge < -0.3 is 10.6 Å². The first-order valence-electron chi connectivity index (χ1n) is 14.5. The zero-order chi connectivity index (χ0) is 30.2. The monoisotopic (exact) mass is 604 g/mol. The van der Waals surface area contributed by atoms with E-state index >= 15 is 0 Å². The van der Waals surface area contributed by atoms with Gasteiger partial charge in [-0.1, -0.05) is 39.8 Å². The summed E-state index contributed by atoms with van der Waals surface area (Å²) in [7, 11) is -1.43. The van der Waals surface area contributed by atoms with Crippen LogP contribution in [0.3, 0.4) is 0 Å². The summed E-state index contributed by atoms with van der Waals surface area (Å²) in [5.74, 6) is -0.764. The number of ketones is 1. The number of carbonyl (C=O) groups is 3. The Morgan fingerprint density at radius 3 is 2.51 bits per heavy atom. The highest BCUT2D eigenvalue weighted by Gasteiger charge is 2.28. The Balaban J connectivity index is 1.64. The van der Waals surface area contributed by atoms with Crippen LogP contribution in [0.4, 0.5) is 0 Å². The predicted octanol–water partition coefficient (Wildman–Crippen LogP) is 3.32. The third-order valence-electron chi connectivity index (χ3n) is 7.99. The van der Waals surface area contributed by atoms with Crippen LogP contribution in [-0.4, -0.2) is 80.1 Å². The van der Waals surface area contributed by atoms with Crippen molar-refractivity contribution in [1.29, 1.82) is 0 Å². The first-order chi connectivity index (χ1) is 19.4. The number of Topliss-reactive ketones (excluding diaryl/α,β-unsaturated/α-hetero) is 1. The highest BCUT2D eigenvalue weighted by atomic mass is 32.2. The van der Waals surface area contributed by atoms with Gasteiger partial charge in [0.05, 0.1) is 32.6 Å². The molecular formula is C30H44N4O5S2. The van der Waals surface area contributed by atoms with Crippen molar-refractivity contribution < 1.29 is 22.8 Å². The molecule has 41 heavy (non-hydrogen) atoms. The molecule has 2 N–H and O–H groups in total. The minimum absolute atomic E-state index is 0.0486. The summed E-state index contributed by atoms with van der Waals surface area (Å²) >= 11 is 1.55. The van der Waals surface area contributed by atoms with Gasteiger partial charge in [-0.2, -0.15) is 0 Å². The van der Waals surface area contributed by atoms with Crippen molar-refractivity contribution in [3.8, 4) is 0 Å². The Hall–Kier alpha value is -2.63. The SMILES string of the molecule is C=C(CN1CCS(=O)(=O)CC1)C(=O)CC[C@@H](NC(=O)[C@@H](CC(=O)NC)Cc1nc2ccc(CC)cc2s1)[C@@H](C)CC. The quantitative estimate of drug-likeness (QED) is 0.299. The molecule has 0 radical (unpaired) electrons. The first-order valence-corrected chi connectivity index (χ1v) is 17.1. The molecule has 226 valence electrons. The molecule has 11 heteroatoms. The van der Waals surface area contributed by atoms with E-state index < -0.39 is 15.8 Å². The van der Waals surface area contributed by atoms with E-state index in [0.717, 1.165) is 28.1 Å². The third kappa shape index (κ3) is 9.72. The standard InChI is InChI=1S/C30H44N4O5S2/c1-6-20(3)24(10-11-26(35)21(4)19-34-12-14-41(38,39)15-13-34)33-30(37)23(17-28(36)31-5)18-29-32-25-9-8-22(7-2)16-27(25)40-29/h8-9,16,20,23-24H,4,6-7,10-15,17-19H2,1-3,5H3,(H,31,36)(H,33,37)/t20-,23-,24+/m0/s1. The van der Waals surface area contributed by atoms with Gasteiger partial charge >= 0.3 is 0 Å². The zero-order valence-corrected chi connectivity index (χ0v) is 26.3. The zero-order valence-electron chi connectivity index (χ0n) is 24.7. The van der Waals surface area contributed by atoms with Crippen LogP contribution in [-0.2, 0) is 37.1 Å². The lowest BCUT2D eigenvalue weighted by atomic mass is 9.91. The summed E-state index contributed by atoms with van der Waals surface area (Å²) in [5, 5.41) is 6.60. The third-order valence-corrected chi connectivity index (χ3v) is 10.6. The van der Waals surface area contributed by atoms with E-state index in [1.807, 2.05) is 24.8 Å². The minimum atomic E-state index is -2.99. The number of sulfone groups is 1. The molecule has 2 amide bonds. The number of benzene rings is 1. The van der Waals surface area contributed by atoms with Crippen molar-refractivity contribution in [3.63, 3.8) is 0 Å². The lowest BCUT2D eigenvalue weighted by molar-refractivity contribution is -0.131. The van der Waals surface area contributed by atoms with Crippen molar-refractivity contribution in [2.24, 2.45) is 11.8 Å². The number of amides is 2. The molecule has 0 saturated carbocycles. The Bertz CT molecular complexity index is 1340. The lowest BCUT2D eigenvalue weighted by Crippen LogP contribution is -2.44.